The molecule has 0 bridgehead atoms. The smallest absolute Gasteiger partial charge is 0.338 e. The zero-order chi connectivity index (χ0) is 21.8. The molecule has 6 heteroatoms. The highest BCUT2D eigenvalue weighted by atomic mass is 16.5. The van der Waals surface area contributed by atoms with E-state index in [1.54, 1.807) is 0 Å². The Morgan fingerprint density at radius 2 is 1.87 bits per heavy atom. The second-order valence-corrected chi connectivity index (χ2v) is 7.36. The summed E-state index contributed by atoms with van der Waals surface area (Å²) in [6, 6.07) is 21.8. The zero-order valence-electron chi connectivity index (χ0n) is 17.8. The number of benzene rings is 3. The van der Waals surface area contributed by atoms with Crippen LogP contribution in [0.25, 0.3) is 11.1 Å². The molecule has 0 radical (unpaired) electrons. The van der Waals surface area contributed by atoms with Crippen LogP contribution in [0.2, 0.25) is 0 Å². The number of methoxy groups -OCH3 is 1. The monoisotopic (exact) mass is 416 g/mol. The SMILES string of the molecule is COC(=O)c1c(C)cccc1COc1cccc(CN(C)c2nc3ccccc3o2)c1. The summed E-state index contributed by atoms with van der Waals surface area (Å²) in [5.41, 5.74) is 4.86. The van der Waals surface area contributed by atoms with E-state index in [1.165, 1.54) is 7.11 Å². The van der Waals surface area contributed by atoms with Gasteiger partial charge in [-0.05, 0) is 42.3 Å². The summed E-state index contributed by atoms with van der Waals surface area (Å²) in [7, 11) is 3.32. The lowest BCUT2D eigenvalue weighted by atomic mass is 10.0. The van der Waals surface area contributed by atoms with Gasteiger partial charge in [0.05, 0.1) is 12.7 Å². The number of carbonyl (C=O) groups is 1. The van der Waals surface area contributed by atoms with Crippen molar-refractivity contribution in [1.82, 2.24) is 4.98 Å². The Balaban J connectivity index is 1.46. The highest BCUT2D eigenvalue weighted by molar-refractivity contribution is 5.92. The molecular formula is C25H24N2O4. The van der Waals surface area contributed by atoms with Gasteiger partial charge in [0.15, 0.2) is 5.58 Å². The number of ether oxygens (including phenoxy) is 2. The van der Waals surface area contributed by atoms with Gasteiger partial charge in [0, 0.05) is 19.2 Å². The Bertz CT molecular complexity index is 1180. The zero-order valence-corrected chi connectivity index (χ0v) is 17.8. The molecule has 0 aliphatic carbocycles. The third kappa shape index (κ3) is 4.53. The molecule has 0 N–H and O–H groups in total. The molecule has 3 aromatic carbocycles. The van der Waals surface area contributed by atoms with E-state index in [-0.39, 0.29) is 12.6 Å². The van der Waals surface area contributed by atoms with Gasteiger partial charge in [0.25, 0.3) is 6.01 Å². The third-order valence-corrected chi connectivity index (χ3v) is 5.07. The van der Waals surface area contributed by atoms with Crippen LogP contribution in [0, 0.1) is 6.92 Å². The molecule has 4 rings (SSSR count). The van der Waals surface area contributed by atoms with Crippen molar-refractivity contribution >= 4 is 23.1 Å². The normalized spacial score (nSPS) is 10.8. The van der Waals surface area contributed by atoms with E-state index in [4.69, 9.17) is 13.9 Å². The number of anilines is 1. The number of fused-ring (bicyclic) bond motifs is 1. The van der Waals surface area contributed by atoms with E-state index in [1.807, 2.05) is 85.6 Å². The van der Waals surface area contributed by atoms with Gasteiger partial charge in [-0.25, -0.2) is 4.79 Å². The molecule has 1 aromatic heterocycles. The second-order valence-electron chi connectivity index (χ2n) is 7.36. The molecule has 0 amide bonds. The summed E-state index contributed by atoms with van der Waals surface area (Å²) in [6.45, 7) is 2.77. The van der Waals surface area contributed by atoms with Crippen LogP contribution < -0.4 is 9.64 Å². The summed E-state index contributed by atoms with van der Waals surface area (Å²) in [5, 5.41) is 0. The number of oxazole rings is 1. The first-order valence-electron chi connectivity index (χ1n) is 10.0. The lowest BCUT2D eigenvalue weighted by Crippen LogP contribution is -2.16. The van der Waals surface area contributed by atoms with E-state index in [2.05, 4.69) is 4.98 Å². The summed E-state index contributed by atoms with van der Waals surface area (Å²) in [6.07, 6.45) is 0. The van der Waals surface area contributed by atoms with Gasteiger partial charge in [-0.1, -0.05) is 42.5 Å². The molecule has 31 heavy (non-hydrogen) atoms. The van der Waals surface area contributed by atoms with Gasteiger partial charge < -0.3 is 18.8 Å². The first-order chi connectivity index (χ1) is 15.0. The van der Waals surface area contributed by atoms with Crippen LogP contribution in [0.15, 0.2) is 71.1 Å². The average molecular weight is 416 g/mol. The fraction of sp³-hybridized carbons (Fsp3) is 0.200. The van der Waals surface area contributed by atoms with E-state index < -0.39 is 0 Å². The molecule has 4 aromatic rings. The molecule has 0 unspecified atom stereocenters. The highest BCUT2D eigenvalue weighted by Crippen LogP contribution is 2.24. The van der Waals surface area contributed by atoms with Gasteiger partial charge in [-0.15, -0.1) is 0 Å². The van der Waals surface area contributed by atoms with Crippen molar-refractivity contribution in [3.8, 4) is 5.75 Å². The molecule has 0 aliphatic rings. The van der Waals surface area contributed by atoms with Crippen molar-refractivity contribution in [3.63, 3.8) is 0 Å². The number of aryl methyl sites for hydroxylation is 1. The molecule has 6 nitrogen and oxygen atoms in total. The van der Waals surface area contributed by atoms with Crippen LogP contribution in [0.4, 0.5) is 6.01 Å². The van der Waals surface area contributed by atoms with Crippen LogP contribution in [0.3, 0.4) is 0 Å². The topological polar surface area (TPSA) is 64.8 Å². The van der Waals surface area contributed by atoms with Gasteiger partial charge >= 0.3 is 5.97 Å². The number of nitrogens with zero attached hydrogens (tertiary/aromatic N) is 2. The molecule has 0 atom stereocenters. The van der Waals surface area contributed by atoms with Crippen molar-refractivity contribution in [1.29, 1.82) is 0 Å². The van der Waals surface area contributed by atoms with Crippen molar-refractivity contribution in [2.45, 2.75) is 20.1 Å². The standard InChI is InChI=1S/C25H24N2O4/c1-17-8-6-10-19(23(17)24(28)29-3)16-30-20-11-7-9-18(14-20)15-27(2)25-26-21-12-4-5-13-22(21)31-25/h4-14H,15-16H2,1-3H3. The maximum absolute atomic E-state index is 12.1. The van der Waals surface area contributed by atoms with Gasteiger partial charge in [0.1, 0.15) is 17.9 Å². The van der Waals surface area contributed by atoms with E-state index in [9.17, 15) is 4.79 Å². The van der Waals surface area contributed by atoms with E-state index in [0.717, 1.165) is 33.5 Å². The molecule has 158 valence electrons. The predicted octanol–water partition coefficient (Wildman–Crippen LogP) is 5.14. The van der Waals surface area contributed by atoms with Gasteiger partial charge in [-0.3, -0.25) is 0 Å². The number of para-hydroxylation sites is 2. The summed E-state index contributed by atoms with van der Waals surface area (Å²) in [4.78, 5) is 18.6. The molecule has 1 heterocycles. The first kappa shape index (κ1) is 20.5. The summed E-state index contributed by atoms with van der Waals surface area (Å²) >= 11 is 0. The van der Waals surface area contributed by atoms with Crippen LogP contribution in [-0.2, 0) is 17.9 Å². The van der Waals surface area contributed by atoms with E-state index in [0.29, 0.717) is 18.1 Å². The summed E-state index contributed by atoms with van der Waals surface area (Å²) in [5.74, 6) is 0.367. The molecule has 0 spiro atoms. The Hall–Kier alpha value is -3.80. The maximum atomic E-state index is 12.1. The van der Waals surface area contributed by atoms with Gasteiger partial charge in [-0.2, -0.15) is 4.98 Å². The minimum Gasteiger partial charge on any atom is -0.489 e. The quantitative estimate of drug-likeness (QED) is 0.389. The third-order valence-electron chi connectivity index (χ3n) is 5.07. The molecule has 0 saturated heterocycles. The van der Waals surface area contributed by atoms with E-state index >= 15 is 0 Å². The largest absolute Gasteiger partial charge is 0.489 e. The predicted molar refractivity (Wildman–Crippen MR) is 119 cm³/mol. The first-order valence-corrected chi connectivity index (χ1v) is 10.0. The Labute approximate surface area is 181 Å². The number of rotatable bonds is 7. The molecule has 0 aliphatic heterocycles. The second kappa shape index (κ2) is 8.92. The molecule has 0 fully saturated rings. The fourth-order valence-electron chi connectivity index (χ4n) is 3.50. The van der Waals surface area contributed by atoms with Crippen LogP contribution in [0.1, 0.15) is 27.0 Å². The van der Waals surface area contributed by atoms with Crippen LogP contribution in [-0.4, -0.2) is 25.1 Å². The summed E-state index contributed by atoms with van der Waals surface area (Å²) < 4.78 is 16.7. The number of hydrogen-bond acceptors (Lipinski definition) is 6. The average Bonchev–Trinajstić information content (AvgIpc) is 3.22. The lowest BCUT2D eigenvalue weighted by molar-refractivity contribution is 0.0597. The number of aromatic nitrogens is 1. The van der Waals surface area contributed by atoms with Crippen molar-refractivity contribution < 1.29 is 18.7 Å². The van der Waals surface area contributed by atoms with Crippen LogP contribution >= 0.6 is 0 Å². The number of carbonyl (C=O) groups excluding carboxylic acids is 1. The van der Waals surface area contributed by atoms with Gasteiger partial charge in [0.2, 0.25) is 0 Å². The maximum Gasteiger partial charge on any atom is 0.338 e. The lowest BCUT2D eigenvalue weighted by Gasteiger charge is -2.16. The molecule has 0 saturated carbocycles. The fourth-order valence-corrected chi connectivity index (χ4v) is 3.50. The Morgan fingerprint density at radius 1 is 1.06 bits per heavy atom. The van der Waals surface area contributed by atoms with Crippen LogP contribution in [0.5, 0.6) is 5.75 Å². The minimum absolute atomic E-state index is 0.274. The Morgan fingerprint density at radius 3 is 2.68 bits per heavy atom. The minimum atomic E-state index is -0.356. The highest BCUT2D eigenvalue weighted by Gasteiger charge is 2.15. The Kier molecular flexibility index (Phi) is 5.89. The van der Waals surface area contributed by atoms with Crippen molar-refractivity contribution in [2.75, 3.05) is 19.1 Å². The van der Waals surface area contributed by atoms with Crippen molar-refractivity contribution in [2.24, 2.45) is 0 Å². The van der Waals surface area contributed by atoms with Crippen molar-refractivity contribution in [3.05, 3.63) is 89.0 Å². The number of esters is 1. The number of hydrogen-bond donors (Lipinski definition) is 0. The molecular weight excluding hydrogens is 392 g/mol.